The predicted molar refractivity (Wildman–Crippen MR) is 73.1 cm³/mol. The van der Waals surface area contributed by atoms with Crippen LogP contribution < -0.4 is 5.32 Å². The minimum Gasteiger partial charge on any atom is -0.508 e. The van der Waals surface area contributed by atoms with Crippen LogP contribution in [-0.4, -0.2) is 42.9 Å². The minimum atomic E-state index is -0.477. The van der Waals surface area contributed by atoms with Gasteiger partial charge in [-0.15, -0.1) is 12.4 Å². The van der Waals surface area contributed by atoms with E-state index in [1.54, 1.807) is 6.07 Å². The van der Waals surface area contributed by atoms with Crippen molar-refractivity contribution in [3.05, 3.63) is 29.6 Å². The molecule has 0 aromatic heterocycles. The van der Waals surface area contributed by atoms with Crippen LogP contribution in [0.15, 0.2) is 18.2 Å². The lowest BCUT2D eigenvalue weighted by Crippen LogP contribution is -2.45. The normalized spacial score (nSPS) is 17.8. The molecular formula is C13H19ClF2N2O. The van der Waals surface area contributed by atoms with Gasteiger partial charge < -0.3 is 10.4 Å². The van der Waals surface area contributed by atoms with E-state index in [0.29, 0.717) is 5.56 Å². The van der Waals surface area contributed by atoms with E-state index in [-0.39, 0.29) is 30.6 Å². The molecule has 0 spiro atoms. The van der Waals surface area contributed by atoms with Gasteiger partial charge in [0.1, 0.15) is 11.6 Å². The Hall–Kier alpha value is -0.910. The SMILES string of the molecule is Cl.Oc1ccc([C@H](CCF)N2CCNCC2)c(F)c1. The second kappa shape index (κ2) is 7.62. The maximum Gasteiger partial charge on any atom is 0.131 e. The highest BCUT2D eigenvalue weighted by molar-refractivity contribution is 5.85. The number of rotatable bonds is 4. The third kappa shape index (κ3) is 4.03. The second-order valence-electron chi connectivity index (χ2n) is 4.49. The number of piperazine rings is 1. The lowest BCUT2D eigenvalue weighted by atomic mass is 10.0. The molecule has 0 amide bonds. The average Bonchev–Trinajstić information content (AvgIpc) is 2.38. The van der Waals surface area contributed by atoms with Crippen LogP contribution in [0.3, 0.4) is 0 Å². The number of phenolic OH excluding ortho intramolecular Hbond substituents is 1. The molecule has 1 aromatic rings. The number of hydrogen-bond acceptors (Lipinski definition) is 3. The van der Waals surface area contributed by atoms with E-state index < -0.39 is 12.5 Å². The average molecular weight is 293 g/mol. The molecular weight excluding hydrogens is 274 g/mol. The van der Waals surface area contributed by atoms with Crippen LogP contribution in [0, 0.1) is 5.82 Å². The Kier molecular flexibility index (Phi) is 6.48. The quantitative estimate of drug-likeness (QED) is 0.893. The number of phenols is 1. The molecule has 1 fully saturated rings. The molecule has 1 heterocycles. The molecule has 0 radical (unpaired) electrons. The summed E-state index contributed by atoms with van der Waals surface area (Å²) >= 11 is 0. The highest BCUT2D eigenvalue weighted by Crippen LogP contribution is 2.29. The molecule has 2 rings (SSSR count). The Balaban J connectivity index is 0.00000180. The van der Waals surface area contributed by atoms with Crippen LogP contribution in [0.2, 0.25) is 0 Å². The van der Waals surface area contributed by atoms with E-state index in [1.807, 2.05) is 0 Å². The summed E-state index contributed by atoms with van der Waals surface area (Å²) in [5.41, 5.74) is 0.465. The van der Waals surface area contributed by atoms with Crippen LogP contribution in [0.4, 0.5) is 8.78 Å². The second-order valence-corrected chi connectivity index (χ2v) is 4.49. The van der Waals surface area contributed by atoms with Gasteiger partial charge in [-0.05, 0) is 12.5 Å². The Labute approximate surface area is 118 Å². The first-order valence-electron chi connectivity index (χ1n) is 6.21. The molecule has 1 atom stereocenters. The topological polar surface area (TPSA) is 35.5 Å². The Bertz CT molecular complexity index is 400. The fourth-order valence-corrected chi connectivity index (χ4v) is 2.42. The van der Waals surface area contributed by atoms with E-state index in [0.717, 1.165) is 32.2 Å². The summed E-state index contributed by atoms with van der Waals surface area (Å²) in [6.07, 6.45) is 0.279. The summed E-state index contributed by atoms with van der Waals surface area (Å²) in [4.78, 5) is 2.09. The largest absolute Gasteiger partial charge is 0.508 e. The summed E-state index contributed by atoms with van der Waals surface area (Å²) in [7, 11) is 0. The molecule has 2 N–H and O–H groups in total. The Morgan fingerprint density at radius 3 is 2.58 bits per heavy atom. The standard InChI is InChI=1S/C13H18F2N2O.ClH/c14-4-3-13(17-7-5-16-6-8-17)11-2-1-10(18)9-12(11)15;/h1-2,9,13,16,18H,3-8H2;1H/t13-;/m0./s1. The predicted octanol–water partition coefficient (Wildman–Crippen LogP) is 2.26. The van der Waals surface area contributed by atoms with Crippen molar-refractivity contribution in [2.45, 2.75) is 12.5 Å². The minimum absolute atomic E-state index is 0. The van der Waals surface area contributed by atoms with Crippen molar-refractivity contribution in [1.82, 2.24) is 10.2 Å². The smallest absolute Gasteiger partial charge is 0.131 e. The number of nitrogens with zero attached hydrogens (tertiary/aromatic N) is 1. The van der Waals surface area contributed by atoms with Gasteiger partial charge in [0, 0.05) is 43.9 Å². The van der Waals surface area contributed by atoms with Crippen LogP contribution in [0.1, 0.15) is 18.0 Å². The molecule has 0 unspecified atom stereocenters. The van der Waals surface area contributed by atoms with Crippen molar-refractivity contribution < 1.29 is 13.9 Å². The third-order valence-corrected chi connectivity index (χ3v) is 3.32. The highest BCUT2D eigenvalue weighted by atomic mass is 35.5. The van der Waals surface area contributed by atoms with Crippen LogP contribution in [0.5, 0.6) is 5.75 Å². The van der Waals surface area contributed by atoms with Crippen molar-refractivity contribution in [3.8, 4) is 5.75 Å². The van der Waals surface area contributed by atoms with Crippen LogP contribution >= 0.6 is 12.4 Å². The Morgan fingerprint density at radius 2 is 2.00 bits per heavy atom. The highest BCUT2D eigenvalue weighted by Gasteiger charge is 2.24. The molecule has 1 aromatic carbocycles. The summed E-state index contributed by atoms with van der Waals surface area (Å²) in [6, 6.07) is 3.83. The van der Waals surface area contributed by atoms with Gasteiger partial charge in [-0.2, -0.15) is 0 Å². The van der Waals surface area contributed by atoms with Gasteiger partial charge in [0.2, 0.25) is 0 Å². The zero-order valence-corrected chi connectivity index (χ0v) is 11.4. The van der Waals surface area contributed by atoms with Gasteiger partial charge in [0.25, 0.3) is 0 Å². The van der Waals surface area contributed by atoms with Gasteiger partial charge in [-0.3, -0.25) is 9.29 Å². The molecule has 0 aliphatic carbocycles. The zero-order chi connectivity index (χ0) is 13.0. The van der Waals surface area contributed by atoms with E-state index in [4.69, 9.17) is 0 Å². The van der Waals surface area contributed by atoms with E-state index in [2.05, 4.69) is 10.2 Å². The maximum absolute atomic E-state index is 13.9. The number of nitrogens with one attached hydrogen (secondary N) is 1. The third-order valence-electron chi connectivity index (χ3n) is 3.32. The van der Waals surface area contributed by atoms with Gasteiger partial charge in [0.05, 0.1) is 6.67 Å². The van der Waals surface area contributed by atoms with Crippen LogP contribution in [-0.2, 0) is 0 Å². The van der Waals surface area contributed by atoms with Crippen LogP contribution in [0.25, 0.3) is 0 Å². The summed E-state index contributed by atoms with van der Waals surface area (Å²) in [5.74, 6) is -0.567. The Morgan fingerprint density at radius 1 is 1.32 bits per heavy atom. The first-order valence-corrected chi connectivity index (χ1v) is 6.21. The fourth-order valence-electron chi connectivity index (χ4n) is 2.42. The van der Waals surface area contributed by atoms with Crippen molar-refractivity contribution in [3.63, 3.8) is 0 Å². The number of benzene rings is 1. The van der Waals surface area contributed by atoms with Crippen molar-refractivity contribution in [1.29, 1.82) is 0 Å². The van der Waals surface area contributed by atoms with Crippen molar-refractivity contribution in [2.75, 3.05) is 32.9 Å². The number of hydrogen-bond donors (Lipinski definition) is 2. The number of halogens is 3. The molecule has 0 bridgehead atoms. The van der Waals surface area contributed by atoms with E-state index >= 15 is 0 Å². The molecule has 1 saturated heterocycles. The lowest BCUT2D eigenvalue weighted by molar-refractivity contribution is 0.154. The van der Waals surface area contributed by atoms with E-state index in [9.17, 15) is 13.9 Å². The summed E-state index contributed by atoms with van der Waals surface area (Å²) < 4.78 is 26.5. The van der Waals surface area contributed by atoms with Gasteiger partial charge in [-0.1, -0.05) is 6.07 Å². The zero-order valence-electron chi connectivity index (χ0n) is 10.6. The molecule has 3 nitrogen and oxygen atoms in total. The molecule has 19 heavy (non-hydrogen) atoms. The molecule has 1 aliphatic heterocycles. The van der Waals surface area contributed by atoms with E-state index in [1.165, 1.54) is 6.07 Å². The number of aromatic hydroxyl groups is 1. The fraction of sp³-hybridized carbons (Fsp3) is 0.538. The van der Waals surface area contributed by atoms with Gasteiger partial charge >= 0.3 is 0 Å². The maximum atomic E-state index is 13.9. The van der Waals surface area contributed by atoms with Crippen molar-refractivity contribution in [2.24, 2.45) is 0 Å². The summed E-state index contributed by atoms with van der Waals surface area (Å²) in [6.45, 7) is 2.76. The molecule has 0 saturated carbocycles. The lowest BCUT2D eigenvalue weighted by Gasteiger charge is -2.35. The summed E-state index contributed by atoms with van der Waals surface area (Å²) in [5, 5.41) is 12.4. The van der Waals surface area contributed by atoms with Gasteiger partial charge in [-0.25, -0.2) is 4.39 Å². The molecule has 6 heteroatoms. The molecule has 1 aliphatic rings. The molecule has 108 valence electrons. The number of alkyl halides is 1. The first kappa shape index (κ1) is 16.1. The monoisotopic (exact) mass is 292 g/mol. The van der Waals surface area contributed by atoms with Gasteiger partial charge in [0.15, 0.2) is 0 Å². The first-order chi connectivity index (χ1) is 8.72. The van der Waals surface area contributed by atoms with Crippen molar-refractivity contribution >= 4 is 12.4 Å².